The van der Waals surface area contributed by atoms with Gasteiger partial charge in [0.15, 0.2) is 6.29 Å². The summed E-state index contributed by atoms with van der Waals surface area (Å²) in [5.41, 5.74) is 4.04. The van der Waals surface area contributed by atoms with Gasteiger partial charge >= 0.3 is 0 Å². The fourth-order valence-electron chi connectivity index (χ4n) is 13.0. The van der Waals surface area contributed by atoms with E-state index >= 15 is 0 Å². The number of hydrogen-bond acceptors (Lipinski definition) is 14. The Bertz CT molecular complexity index is 2690. The maximum absolute atomic E-state index is 14.1. The number of nitrogens with one attached hydrogen (secondary N) is 2. The maximum Gasteiger partial charge on any atom is 0.255 e. The summed E-state index contributed by atoms with van der Waals surface area (Å²) in [6.07, 6.45) is 14.1. The quantitative estimate of drug-likeness (QED) is 0.236. The van der Waals surface area contributed by atoms with Crippen LogP contribution in [0, 0.1) is 5.92 Å². The number of imide groups is 1. The van der Waals surface area contributed by atoms with Gasteiger partial charge in [0.25, 0.3) is 5.91 Å². The van der Waals surface area contributed by atoms with Crippen molar-refractivity contribution in [2.24, 2.45) is 5.92 Å². The topological polar surface area (TPSA) is 190 Å². The molecule has 8 heterocycles. The molecule has 4 amide bonds. The highest BCUT2D eigenvalue weighted by Crippen LogP contribution is 2.58. The molecule has 18 nitrogen and oxygen atoms in total. The molecule has 1 aromatic heterocycles. The molecule has 4 atom stereocenters. The van der Waals surface area contributed by atoms with Gasteiger partial charge in [-0.05, 0) is 138 Å². The fraction of sp³-hybridized carbons (Fsp3) is 0.623. The van der Waals surface area contributed by atoms with Crippen molar-refractivity contribution in [3.05, 3.63) is 65.4 Å². The molecule has 5 saturated heterocycles. The molecule has 2 unspecified atom stereocenters. The molecule has 3 aromatic rings. The number of hydrogen-bond donors (Lipinski definition) is 2. The van der Waals surface area contributed by atoms with Gasteiger partial charge in [-0.2, -0.15) is 9.29 Å². The van der Waals surface area contributed by atoms with Crippen LogP contribution in [-0.4, -0.2) is 152 Å². The molecule has 12 rings (SSSR count). The first-order chi connectivity index (χ1) is 35.0. The van der Waals surface area contributed by atoms with E-state index in [2.05, 4.69) is 31.4 Å². The van der Waals surface area contributed by atoms with Gasteiger partial charge < -0.3 is 29.5 Å². The van der Waals surface area contributed by atoms with Crippen molar-refractivity contribution in [1.82, 2.24) is 29.4 Å². The zero-order valence-corrected chi connectivity index (χ0v) is 42.0. The molecule has 0 radical (unpaired) electrons. The minimum Gasteiger partial charge on any atom is -0.372 e. The number of aromatic nitrogens is 2. The second-order valence-corrected chi connectivity index (χ2v) is 23.8. The third-order valence-electron chi connectivity index (χ3n) is 17.3. The Morgan fingerprint density at radius 2 is 1.61 bits per heavy atom. The van der Waals surface area contributed by atoms with Crippen LogP contribution >= 0.6 is 0 Å². The molecule has 1 spiro atoms. The highest BCUT2D eigenvalue weighted by atomic mass is 32.2. The normalized spacial score (nSPS) is 27.6. The van der Waals surface area contributed by atoms with Crippen molar-refractivity contribution < 1.29 is 37.1 Å². The molecule has 2 aliphatic carbocycles. The predicted molar refractivity (Wildman–Crippen MR) is 269 cm³/mol. The van der Waals surface area contributed by atoms with Gasteiger partial charge in [-0.3, -0.25) is 34.3 Å². The lowest BCUT2D eigenvalue weighted by molar-refractivity contribution is -0.193. The first kappa shape index (κ1) is 47.8. The standard InChI is InChI=1S/C53H68N10O8S/c64-46-13-12-45(49(65)56-46)62-34-36-29-39(10-11-43(36)50(62)66)59-20-14-35(15-21-59)33-58-24-26-60(27-25-58)38-5-4-8-42(31-38)72(68,69)61-22-16-37(17-23-61)55-52-54-32-44-48(57-52)63(51(67)53(44)18-19-53)40-6-3-7-41(30-40)71-47-9-1-2-28-70-47/h4-5,8,10-11,29,31-32,35,37,40-41,45,47H,1-3,6-7,9,12-28,30,33-34H2,(H,54,55,57)(H,56,64,65)/t40-,41-,45?,47?/m1/s1. The number of rotatable bonds is 12. The molecule has 7 aliphatic heterocycles. The van der Waals surface area contributed by atoms with E-state index in [0.29, 0.717) is 61.2 Å². The summed E-state index contributed by atoms with van der Waals surface area (Å²) in [6.45, 7) is 8.27. The molecule has 0 bridgehead atoms. The van der Waals surface area contributed by atoms with Crippen LogP contribution in [0.4, 0.5) is 23.1 Å². The second-order valence-electron chi connectivity index (χ2n) is 21.8. The molecule has 72 heavy (non-hydrogen) atoms. The van der Waals surface area contributed by atoms with Crippen LogP contribution in [-0.2, 0) is 45.8 Å². The Morgan fingerprint density at radius 1 is 0.819 bits per heavy atom. The number of carbonyl (C=O) groups excluding carboxylic acids is 4. The first-order valence-corrected chi connectivity index (χ1v) is 28.3. The van der Waals surface area contributed by atoms with E-state index in [1.165, 1.54) is 0 Å². The lowest BCUT2D eigenvalue weighted by Gasteiger charge is -2.40. The van der Waals surface area contributed by atoms with Crippen molar-refractivity contribution >= 4 is 56.8 Å². The minimum absolute atomic E-state index is 0.00696. The highest BCUT2D eigenvalue weighted by Gasteiger charge is 2.61. The number of benzene rings is 2. The van der Waals surface area contributed by atoms with Crippen LogP contribution in [0.15, 0.2) is 53.6 Å². The lowest BCUT2D eigenvalue weighted by Crippen LogP contribution is -2.52. The summed E-state index contributed by atoms with van der Waals surface area (Å²) in [5, 5.41) is 5.90. The summed E-state index contributed by atoms with van der Waals surface area (Å²) >= 11 is 0. The number of amides is 4. The number of anilines is 4. The molecular weight excluding hydrogens is 937 g/mol. The van der Waals surface area contributed by atoms with E-state index in [4.69, 9.17) is 19.4 Å². The Kier molecular flexibility index (Phi) is 13.0. The van der Waals surface area contributed by atoms with E-state index in [-0.39, 0.29) is 48.6 Å². The summed E-state index contributed by atoms with van der Waals surface area (Å²) in [7, 11) is -3.72. The lowest BCUT2D eigenvalue weighted by atomic mass is 9.91. The van der Waals surface area contributed by atoms with Crippen LogP contribution in [0.5, 0.6) is 0 Å². The number of sulfonamides is 1. The van der Waals surface area contributed by atoms with Crippen LogP contribution in [0.25, 0.3) is 0 Å². The van der Waals surface area contributed by atoms with Gasteiger partial charge in [0.05, 0.1) is 16.4 Å². The average molecular weight is 1010 g/mol. The molecule has 9 aliphatic rings. The molecule has 19 heteroatoms. The molecular formula is C53H68N10O8S. The van der Waals surface area contributed by atoms with Crippen molar-refractivity contribution in [3.63, 3.8) is 0 Å². The van der Waals surface area contributed by atoms with E-state index in [9.17, 15) is 27.6 Å². The van der Waals surface area contributed by atoms with Gasteiger partial charge in [0, 0.05) is 119 Å². The van der Waals surface area contributed by atoms with Gasteiger partial charge in [-0.15, -0.1) is 0 Å². The van der Waals surface area contributed by atoms with Crippen LogP contribution in [0.3, 0.4) is 0 Å². The largest absolute Gasteiger partial charge is 0.372 e. The summed E-state index contributed by atoms with van der Waals surface area (Å²) < 4.78 is 42.2. The third kappa shape index (κ3) is 9.25. The van der Waals surface area contributed by atoms with E-state index in [0.717, 1.165) is 151 Å². The molecule has 2 N–H and O–H groups in total. The van der Waals surface area contributed by atoms with Crippen molar-refractivity contribution in [1.29, 1.82) is 0 Å². The number of piperidine rings is 3. The Labute approximate surface area is 422 Å². The van der Waals surface area contributed by atoms with Gasteiger partial charge in [0.2, 0.25) is 33.7 Å². The highest BCUT2D eigenvalue weighted by molar-refractivity contribution is 7.89. The van der Waals surface area contributed by atoms with E-state index in [1.54, 1.807) is 15.3 Å². The fourth-order valence-corrected chi connectivity index (χ4v) is 14.5. The van der Waals surface area contributed by atoms with E-state index in [1.807, 2.05) is 41.4 Å². The number of piperazine rings is 1. The van der Waals surface area contributed by atoms with Crippen molar-refractivity contribution in [3.8, 4) is 0 Å². The second kappa shape index (κ2) is 19.6. The zero-order valence-electron chi connectivity index (χ0n) is 41.2. The Morgan fingerprint density at radius 3 is 2.38 bits per heavy atom. The Hall–Kier alpha value is -5.21. The first-order valence-electron chi connectivity index (χ1n) is 26.8. The van der Waals surface area contributed by atoms with E-state index < -0.39 is 27.4 Å². The number of carbonyl (C=O) groups is 4. The number of nitrogens with zero attached hydrogens (tertiary/aromatic N) is 8. The number of ether oxygens (including phenoxy) is 2. The minimum atomic E-state index is -3.72. The van der Waals surface area contributed by atoms with Crippen LogP contribution in [0.1, 0.15) is 118 Å². The SMILES string of the molecule is O=C1CCC(N2Cc3cc(N4CCC(CN5CCN(c6cccc(S(=O)(=O)N7CCC(Nc8ncc9c(n8)N([C@@H]8CCC[C@@H](OC%10CCCCO%10)C8)C(=O)C98CC8)CC7)c6)CC5)CC4)ccc3C2=O)C(=O)N1. The molecule has 384 valence electrons. The van der Waals surface area contributed by atoms with Crippen molar-refractivity contribution in [2.75, 3.05) is 85.5 Å². The van der Waals surface area contributed by atoms with Gasteiger partial charge in [-0.25, -0.2) is 13.4 Å². The zero-order chi connectivity index (χ0) is 49.1. The van der Waals surface area contributed by atoms with Crippen molar-refractivity contribution in [2.45, 2.75) is 144 Å². The summed E-state index contributed by atoms with van der Waals surface area (Å²) in [6, 6.07) is 12.8. The molecule has 2 aromatic carbocycles. The average Bonchev–Trinajstić information content (AvgIpc) is 4.09. The van der Waals surface area contributed by atoms with Gasteiger partial charge in [0.1, 0.15) is 11.9 Å². The third-order valence-corrected chi connectivity index (χ3v) is 19.2. The molecule has 7 fully saturated rings. The van der Waals surface area contributed by atoms with Crippen LogP contribution < -0.4 is 25.3 Å². The smallest absolute Gasteiger partial charge is 0.255 e. The maximum atomic E-state index is 14.1. The summed E-state index contributed by atoms with van der Waals surface area (Å²) in [5.74, 6) is 1.11. The Balaban J connectivity index is 0.606. The predicted octanol–water partition coefficient (Wildman–Crippen LogP) is 4.77. The number of fused-ring (bicyclic) bond motifs is 3. The summed E-state index contributed by atoms with van der Waals surface area (Å²) in [4.78, 5) is 72.4. The van der Waals surface area contributed by atoms with Crippen LogP contribution in [0.2, 0.25) is 0 Å². The molecule has 2 saturated carbocycles. The van der Waals surface area contributed by atoms with Gasteiger partial charge in [-0.1, -0.05) is 6.07 Å². The monoisotopic (exact) mass is 1000 g/mol.